The number of carbonyl (C=O) groups excluding carboxylic acids is 1. The Morgan fingerprint density at radius 2 is 2.16 bits per heavy atom. The third-order valence-electron chi connectivity index (χ3n) is 4.06. The van der Waals surface area contributed by atoms with Crippen LogP contribution in [0.5, 0.6) is 0 Å². The van der Waals surface area contributed by atoms with Gasteiger partial charge in [-0.3, -0.25) is 4.79 Å². The van der Waals surface area contributed by atoms with Gasteiger partial charge < -0.3 is 14.7 Å². The summed E-state index contributed by atoms with van der Waals surface area (Å²) in [4.78, 5) is 25.2. The first-order valence-corrected chi connectivity index (χ1v) is 8.12. The molecule has 1 saturated heterocycles. The van der Waals surface area contributed by atoms with Crippen molar-refractivity contribution in [1.82, 2.24) is 19.9 Å². The van der Waals surface area contributed by atoms with Crippen LogP contribution in [0, 0.1) is 0 Å². The van der Waals surface area contributed by atoms with Gasteiger partial charge in [-0.15, -0.1) is 5.10 Å². The molecular weight excluding hydrogens is 348 g/mol. The lowest BCUT2D eigenvalue weighted by Gasteiger charge is -2.38. The number of aromatic nitrogens is 3. The average Bonchev–Trinajstić information content (AvgIpc) is 3.04. The number of carboxylic acids is 1. The number of halogens is 1. The summed E-state index contributed by atoms with van der Waals surface area (Å²) in [7, 11) is 0. The highest BCUT2D eigenvalue weighted by atomic mass is 35.5. The van der Waals surface area contributed by atoms with Gasteiger partial charge in [-0.05, 0) is 13.0 Å². The monoisotopic (exact) mass is 364 g/mol. The number of carbonyl (C=O) groups is 2. The Hall–Kier alpha value is -2.45. The highest BCUT2D eigenvalue weighted by Crippen LogP contribution is 2.30. The molecule has 8 nitrogen and oxygen atoms in total. The third kappa shape index (κ3) is 3.80. The van der Waals surface area contributed by atoms with Crippen LogP contribution in [-0.2, 0) is 16.1 Å². The van der Waals surface area contributed by atoms with E-state index in [9.17, 15) is 9.59 Å². The Kier molecular flexibility index (Phi) is 5.00. The first-order valence-electron chi connectivity index (χ1n) is 7.74. The molecule has 0 radical (unpaired) electrons. The second-order valence-electron chi connectivity index (χ2n) is 5.85. The third-order valence-corrected chi connectivity index (χ3v) is 4.40. The molecule has 0 bridgehead atoms. The van der Waals surface area contributed by atoms with E-state index in [2.05, 4.69) is 10.3 Å². The molecule has 2 aromatic rings. The minimum absolute atomic E-state index is 0.0835. The Morgan fingerprint density at radius 3 is 2.84 bits per heavy atom. The Morgan fingerprint density at radius 1 is 1.40 bits per heavy atom. The summed E-state index contributed by atoms with van der Waals surface area (Å²) in [5.41, 5.74) is 0.638. The zero-order valence-electron chi connectivity index (χ0n) is 13.5. The minimum Gasteiger partial charge on any atom is -0.476 e. The highest BCUT2D eigenvalue weighted by molar-refractivity contribution is 6.31. The van der Waals surface area contributed by atoms with Gasteiger partial charge in [-0.2, -0.15) is 0 Å². The molecular formula is C16H17ClN4O4. The van der Waals surface area contributed by atoms with Gasteiger partial charge >= 0.3 is 5.97 Å². The zero-order chi connectivity index (χ0) is 18.0. The summed E-state index contributed by atoms with van der Waals surface area (Å²) in [6, 6.07) is 7.27. The molecule has 0 spiro atoms. The summed E-state index contributed by atoms with van der Waals surface area (Å²) < 4.78 is 7.05. The molecule has 25 heavy (non-hydrogen) atoms. The van der Waals surface area contributed by atoms with E-state index < -0.39 is 5.97 Å². The van der Waals surface area contributed by atoms with E-state index in [1.165, 1.54) is 10.9 Å². The van der Waals surface area contributed by atoms with Crippen molar-refractivity contribution in [2.24, 2.45) is 0 Å². The van der Waals surface area contributed by atoms with E-state index in [0.29, 0.717) is 18.2 Å². The quantitative estimate of drug-likeness (QED) is 0.885. The van der Waals surface area contributed by atoms with Gasteiger partial charge in [0.05, 0.1) is 25.4 Å². The SMILES string of the molecule is CC1COC(c2ccccc2Cl)CN1C(=O)Cn1cc(C(=O)O)nn1. The van der Waals surface area contributed by atoms with Gasteiger partial charge in [0.2, 0.25) is 5.91 Å². The largest absolute Gasteiger partial charge is 0.476 e. The van der Waals surface area contributed by atoms with Crippen LogP contribution in [0.4, 0.5) is 0 Å². The number of carboxylic acid groups (broad SMARTS) is 1. The fraction of sp³-hybridized carbons (Fsp3) is 0.375. The molecule has 0 saturated carbocycles. The Balaban J connectivity index is 1.72. The molecule has 2 heterocycles. The molecule has 1 aromatic carbocycles. The van der Waals surface area contributed by atoms with Crippen LogP contribution in [0.15, 0.2) is 30.5 Å². The number of nitrogens with zero attached hydrogens (tertiary/aromatic N) is 4. The number of hydrogen-bond acceptors (Lipinski definition) is 5. The second kappa shape index (κ2) is 7.20. The number of rotatable bonds is 4. The van der Waals surface area contributed by atoms with Gasteiger partial charge in [-0.1, -0.05) is 35.0 Å². The van der Waals surface area contributed by atoms with Crippen LogP contribution in [0.1, 0.15) is 29.1 Å². The lowest BCUT2D eigenvalue weighted by molar-refractivity contribution is -0.145. The number of amides is 1. The van der Waals surface area contributed by atoms with E-state index in [1.54, 1.807) is 11.0 Å². The molecule has 132 valence electrons. The standard InChI is InChI=1S/C16H17ClN4O4/c1-10-9-25-14(11-4-2-3-5-12(11)17)7-21(10)15(22)8-20-6-13(16(23)24)18-19-20/h2-6,10,14H,7-9H2,1H3,(H,23,24). The second-order valence-corrected chi connectivity index (χ2v) is 6.25. The molecule has 1 aliphatic rings. The molecule has 1 N–H and O–H groups in total. The molecule has 1 fully saturated rings. The molecule has 1 amide bonds. The van der Waals surface area contributed by atoms with Crippen LogP contribution in [-0.4, -0.2) is 56.1 Å². The van der Waals surface area contributed by atoms with Gasteiger partial charge in [-0.25, -0.2) is 9.48 Å². The molecule has 1 aromatic heterocycles. The van der Waals surface area contributed by atoms with Gasteiger partial charge in [0, 0.05) is 10.6 Å². The van der Waals surface area contributed by atoms with Crippen molar-refractivity contribution in [1.29, 1.82) is 0 Å². The fourth-order valence-electron chi connectivity index (χ4n) is 2.73. The molecule has 2 atom stereocenters. The highest BCUT2D eigenvalue weighted by Gasteiger charge is 2.31. The predicted octanol–water partition coefficient (Wildman–Crippen LogP) is 1.62. The predicted molar refractivity (Wildman–Crippen MR) is 88.3 cm³/mol. The van der Waals surface area contributed by atoms with Crippen molar-refractivity contribution in [2.75, 3.05) is 13.2 Å². The van der Waals surface area contributed by atoms with Crippen LogP contribution >= 0.6 is 11.6 Å². The van der Waals surface area contributed by atoms with Gasteiger partial charge in [0.1, 0.15) is 12.6 Å². The Bertz CT molecular complexity index is 794. The Labute approximate surface area is 148 Å². The van der Waals surface area contributed by atoms with E-state index in [0.717, 1.165) is 5.56 Å². The fourth-order valence-corrected chi connectivity index (χ4v) is 2.99. The minimum atomic E-state index is -1.18. The van der Waals surface area contributed by atoms with E-state index in [4.69, 9.17) is 21.4 Å². The number of aromatic carboxylic acids is 1. The summed E-state index contributed by atoms with van der Waals surface area (Å²) in [6.07, 6.45) is 0.927. The van der Waals surface area contributed by atoms with Crippen LogP contribution in [0.2, 0.25) is 5.02 Å². The van der Waals surface area contributed by atoms with Gasteiger partial charge in [0.15, 0.2) is 5.69 Å². The zero-order valence-corrected chi connectivity index (χ0v) is 14.3. The van der Waals surface area contributed by atoms with Crippen molar-refractivity contribution >= 4 is 23.5 Å². The van der Waals surface area contributed by atoms with Crippen LogP contribution in [0.25, 0.3) is 0 Å². The number of ether oxygens (including phenoxy) is 1. The maximum Gasteiger partial charge on any atom is 0.358 e. The van der Waals surface area contributed by atoms with E-state index in [-0.39, 0.29) is 30.3 Å². The number of hydrogen-bond donors (Lipinski definition) is 1. The summed E-state index contributed by atoms with van der Waals surface area (Å²) in [5.74, 6) is -1.37. The summed E-state index contributed by atoms with van der Waals surface area (Å²) in [6.45, 7) is 2.56. The van der Waals surface area contributed by atoms with Crippen molar-refractivity contribution in [3.05, 3.63) is 46.7 Å². The topological polar surface area (TPSA) is 97.5 Å². The summed E-state index contributed by atoms with van der Waals surface area (Å²) >= 11 is 6.22. The first-order chi connectivity index (χ1) is 12.0. The maximum absolute atomic E-state index is 12.6. The molecule has 2 unspecified atom stereocenters. The smallest absolute Gasteiger partial charge is 0.358 e. The van der Waals surface area contributed by atoms with Crippen molar-refractivity contribution in [2.45, 2.75) is 25.6 Å². The molecule has 9 heteroatoms. The number of benzene rings is 1. The summed E-state index contributed by atoms with van der Waals surface area (Å²) in [5, 5.41) is 16.6. The van der Waals surface area contributed by atoms with E-state index >= 15 is 0 Å². The molecule has 0 aliphatic carbocycles. The average molecular weight is 365 g/mol. The van der Waals surface area contributed by atoms with Crippen LogP contribution in [0.3, 0.4) is 0 Å². The first kappa shape index (κ1) is 17.4. The maximum atomic E-state index is 12.6. The van der Waals surface area contributed by atoms with Crippen molar-refractivity contribution < 1.29 is 19.4 Å². The number of morpholine rings is 1. The van der Waals surface area contributed by atoms with Crippen molar-refractivity contribution in [3.63, 3.8) is 0 Å². The van der Waals surface area contributed by atoms with Crippen LogP contribution < -0.4 is 0 Å². The molecule has 3 rings (SSSR count). The lowest BCUT2D eigenvalue weighted by Crippen LogP contribution is -2.49. The van der Waals surface area contributed by atoms with Crippen molar-refractivity contribution in [3.8, 4) is 0 Å². The molecule has 1 aliphatic heterocycles. The lowest BCUT2D eigenvalue weighted by atomic mass is 10.1. The normalized spacial score (nSPS) is 20.5. The van der Waals surface area contributed by atoms with Gasteiger partial charge in [0.25, 0.3) is 0 Å². The van der Waals surface area contributed by atoms with E-state index in [1.807, 2.05) is 25.1 Å².